The van der Waals surface area contributed by atoms with E-state index in [1.807, 2.05) is 49.3 Å². The number of nitrogens with two attached hydrogens (primary N) is 1. The third-order valence-electron chi connectivity index (χ3n) is 4.90. The maximum Gasteiger partial charge on any atom is 0.240 e. The Morgan fingerprint density at radius 1 is 0.929 bits per heavy atom. The molecule has 5 rings (SSSR count). The van der Waals surface area contributed by atoms with Gasteiger partial charge in [-0.3, -0.25) is 0 Å². The summed E-state index contributed by atoms with van der Waals surface area (Å²) in [5.74, 6) is 0.140. The van der Waals surface area contributed by atoms with Crippen molar-refractivity contribution in [2.24, 2.45) is 14.1 Å². The van der Waals surface area contributed by atoms with Gasteiger partial charge in [0, 0.05) is 64.6 Å². The largest absolute Gasteiger partial charge is 0.366 e. The van der Waals surface area contributed by atoms with Crippen LogP contribution in [0.25, 0.3) is 44.5 Å². The van der Waals surface area contributed by atoms with Crippen molar-refractivity contribution >= 4 is 43.8 Å². The minimum atomic E-state index is 0.140. The lowest BCUT2D eigenvalue weighted by Gasteiger charge is -2.06. The van der Waals surface area contributed by atoms with Gasteiger partial charge in [0.2, 0.25) is 5.95 Å². The first-order valence-corrected chi connectivity index (χ1v) is 9.48. The van der Waals surface area contributed by atoms with Crippen LogP contribution >= 0.6 is 15.9 Å². The number of fused-ring (bicyclic) bond motifs is 2. The highest BCUT2D eigenvalue weighted by atomic mass is 79.9. The van der Waals surface area contributed by atoms with E-state index in [9.17, 15) is 0 Å². The van der Waals surface area contributed by atoms with Crippen LogP contribution in [0.5, 0.6) is 0 Å². The number of aromatic nitrogens is 6. The van der Waals surface area contributed by atoms with Gasteiger partial charge in [-0.2, -0.15) is 0 Å². The minimum Gasteiger partial charge on any atom is -0.366 e. The van der Waals surface area contributed by atoms with Gasteiger partial charge >= 0.3 is 0 Å². The Labute approximate surface area is 169 Å². The third kappa shape index (κ3) is 2.49. The molecule has 0 atom stereocenters. The van der Waals surface area contributed by atoms with Crippen LogP contribution in [-0.4, -0.2) is 29.3 Å². The summed E-state index contributed by atoms with van der Waals surface area (Å²) in [6.07, 6.45) is 5.83. The van der Waals surface area contributed by atoms with E-state index in [2.05, 4.69) is 52.8 Å². The van der Waals surface area contributed by atoms with Crippen molar-refractivity contribution in [3.05, 3.63) is 53.4 Å². The van der Waals surface area contributed by atoms with Crippen LogP contribution in [0, 0.1) is 0 Å². The van der Waals surface area contributed by atoms with Gasteiger partial charge in [0.25, 0.3) is 0 Å². The molecule has 0 fully saturated rings. The first kappa shape index (κ1) is 16.9. The van der Waals surface area contributed by atoms with Crippen LogP contribution in [-0.2, 0) is 14.1 Å². The van der Waals surface area contributed by atoms with Gasteiger partial charge in [-0.15, -0.1) is 10.2 Å². The second kappa shape index (κ2) is 6.13. The highest BCUT2D eigenvalue weighted by Gasteiger charge is 2.20. The molecule has 7 nitrogen and oxygen atoms in total. The van der Waals surface area contributed by atoms with Crippen molar-refractivity contribution in [3.63, 3.8) is 0 Å². The fraction of sp³-hybridized carbons (Fsp3) is 0.100. The molecule has 28 heavy (non-hydrogen) atoms. The minimum absolute atomic E-state index is 0.140. The van der Waals surface area contributed by atoms with Gasteiger partial charge in [-0.05, 0) is 30.3 Å². The number of hydrogen-bond acceptors (Lipinski definition) is 5. The molecule has 1 aromatic carbocycles. The molecular formula is C20H16BrN7. The second-order valence-corrected chi connectivity index (χ2v) is 7.63. The average Bonchev–Trinajstić information content (AvgIpc) is 3.19. The molecular weight excluding hydrogens is 418 g/mol. The van der Waals surface area contributed by atoms with Gasteiger partial charge in [0.1, 0.15) is 17.0 Å². The maximum atomic E-state index is 5.92. The van der Waals surface area contributed by atoms with E-state index in [4.69, 9.17) is 5.73 Å². The molecule has 0 saturated carbocycles. The zero-order valence-corrected chi connectivity index (χ0v) is 16.8. The number of nitrogens with zero attached hydrogens (tertiary/aromatic N) is 6. The van der Waals surface area contributed by atoms with Crippen LogP contribution < -0.4 is 5.73 Å². The van der Waals surface area contributed by atoms with Gasteiger partial charge in [0.05, 0.1) is 0 Å². The smallest absolute Gasteiger partial charge is 0.240 e. The molecule has 0 aliphatic carbocycles. The molecule has 0 radical (unpaired) electrons. The highest BCUT2D eigenvalue weighted by Crippen LogP contribution is 2.38. The van der Waals surface area contributed by atoms with Crippen molar-refractivity contribution in [2.75, 3.05) is 5.73 Å². The van der Waals surface area contributed by atoms with E-state index < -0.39 is 0 Å². The van der Waals surface area contributed by atoms with Gasteiger partial charge in [0.15, 0.2) is 0 Å². The van der Waals surface area contributed by atoms with Crippen LogP contribution in [0.1, 0.15) is 0 Å². The summed E-state index contributed by atoms with van der Waals surface area (Å²) < 4.78 is 5.05. The van der Waals surface area contributed by atoms with E-state index in [0.717, 1.165) is 37.5 Å². The first-order valence-electron chi connectivity index (χ1n) is 8.68. The molecule has 8 heteroatoms. The molecule has 0 aliphatic rings. The lowest BCUT2D eigenvalue weighted by Crippen LogP contribution is -2.02. The molecule has 2 N–H and O–H groups in total. The standard InChI is InChI=1S/C20H16BrN7/c1-27-9-15(13-8-11(21)5-6-16(13)27)18-17(24-20(22)26-25-18)14-10-28(2)19-12(14)4-3-7-23-19/h3-10H,1-2H3,(H2,22,24,26). The van der Waals surface area contributed by atoms with Gasteiger partial charge < -0.3 is 14.9 Å². The number of hydrogen-bond donors (Lipinski definition) is 1. The Kier molecular flexibility index (Phi) is 3.70. The summed E-state index contributed by atoms with van der Waals surface area (Å²) in [4.78, 5) is 9.04. The summed E-state index contributed by atoms with van der Waals surface area (Å²) in [5, 5.41) is 10.5. The lowest BCUT2D eigenvalue weighted by molar-refractivity contribution is 0.946. The van der Waals surface area contributed by atoms with Crippen molar-refractivity contribution < 1.29 is 0 Å². The molecule has 4 heterocycles. The fourth-order valence-electron chi connectivity index (χ4n) is 3.66. The molecule has 0 saturated heterocycles. The Morgan fingerprint density at radius 3 is 2.57 bits per heavy atom. The number of anilines is 1. The van der Waals surface area contributed by atoms with E-state index >= 15 is 0 Å². The number of halogens is 1. The summed E-state index contributed by atoms with van der Waals surface area (Å²) in [7, 11) is 3.98. The quantitative estimate of drug-likeness (QED) is 0.455. The lowest BCUT2D eigenvalue weighted by atomic mass is 10.0. The van der Waals surface area contributed by atoms with E-state index in [-0.39, 0.29) is 5.95 Å². The number of rotatable bonds is 2. The Hall–Kier alpha value is -3.26. The monoisotopic (exact) mass is 433 g/mol. The second-order valence-electron chi connectivity index (χ2n) is 6.71. The summed E-state index contributed by atoms with van der Waals surface area (Å²) in [5.41, 5.74) is 11.2. The maximum absolute atomic E-state index is 5.92. The molecule has 0 spiro atoms. The molecule has 5 aromatic rings. The van der Waals surface area contributed by atoms with E-state index in [1.165, 1.54) is 0 Å². The van der Waals surface area contributed by atoms with Crippen LogP contribution in [0.4, 0.5) is 5.95 Å². The van der Waals surface area contributed by atoms with Crippen molar-refractivity contribution in [1.82, 2.24) is 29.3 Å². The number of nitrogen functional groups attached to an aromatic ring is 1. The Morgan fingerprint density at radius 2 is 1.71 bits per heavy atom. The van der Waals surface area contributed by atoms with E-state index in [1.54, 1.807) is 6.20 Å². The summed E-state index contributed by atoms with van der Waals surface area (Å²) in [6.45, 7) is 0. The SMILES string of the molecule is Cn1cc(-c2nnc(N)nc2-c2cn(C)c3ncccc23)c2cc(Br)ccc21. The Balaban J connectivity index is 1.85. The average molecular weight is 434 g/mol. The van der Waals surface area contributed by atoms with Crippen LogP contribution in [0.3, 0.4) is 0 Å². The van der Waals surface area contributed by atoms with Crippen LogP contribution in [0.2, 0.25) is 0 Å². The van der Waals surface area contributed by atoms with Gasteiger partial charge in [-0.1, -0.05) is 15.9 Å². The zero-order chi connectivity index (χ0) is 19.4. The topological polar surface area (TPSA) is 87.4 Å². The van der Waals surface area contributed by atoms with Crippen molar-refractivity contribution in [2.45, 2.75) is 0 Å². The fourth-order valence-corrected chi connectivity index (χ4v) is 4.02. The highest BCUT2D eigenvalue weighted by molar-refractivity contribution is 9.10. The number of pyridine rings is 1. The molecule has 0 aliphatic heterocycles. The Bertz CT molecular complexity index is 1370. The van der Waals surface area contributed by atoms with Crippen molar-refractivity contribution in [1.29, 1.82) is 0 Å². The van der Waals surface area contributed by atoms with Crippen LogP contribution in [0.15, 0.2) is 53.4 Å². The third-order valence-corrected chi connectivity index (χ3v) is 5.39. The molecule has 0 amide bonds. The molecule has 4 aromatic heterocycles. The predicted molar refractivity (Wildman–Crippen MR) is 114 cm³/mol. The zero-order valence-electron chi connectivity index (χ0n) is 15.3. The van der Waals surface area contributed by atoms with Crippen molar-refractivity contribution in [3.8, 4) is 22.5 Å². The summed E-state index contributed by atoms with van der Waals surface area (Å²) >= 11 is 3.57. The number of aryl methyl sites for hydroxylation is 2. The van der Waals surface area contributed by atoms with E-state index in [0.29, 0.717) is 11.4 Å². The molecule has 138 valence electrons. The molecule has 0 bridgehead atoms. The summed E-state index contributed by atoms with van der Waals surface area (Å²) in [6, 6.07) is 10.1. The first-order chi connectivity index (χ1) is 13.5. The predicted octanol–water partition coefficient (Wildman–Crippen LogP) is 3.93. The molecule has 0 unspecified atom stereocenters. The normalized spacial score (nSPS) is 11.5. The number of benzene rings is 1. The van der Waals surface area contributed by atoms with Gasteiger partial charge in [-0.25, -0.2) is 9.97 Å².